The average molecular weight is 244 g/mol. The first kappa shape index (κ1) is 12.5. The molecule has 94 valence electrons. The van der Waals surface area contributed by atoms with Crippen molar-refractivity contribution in [2.75, 3.05) is 14.1 Å². The van der Waals surface area contributed by atoms with Crippen molar-refractivity contribution in [3.63, 3.8) is 0 Å². The van der Waals surface area contributed by atoms with Crippen molar-refractivity contribution in [2.24, 2.45) is 0 Å². The minimum absolute atomic E-state index is 0.00712. The van der Waals surface area contributed by atoms with Gasteiger partial charge in [-0.3, -0.25) is 14.6 Å². The van der Waals surface area contributed by atoms with Crippen molar-refractivity contribution in [3.8, 4) is 0 Å². The number of Topliss-reactive ketones (excluding diaryl/α,β-unsaturated/α-hetero) is 2. The third-order valence-corrected chi connectivity index (χ3v) is 3.03. The van der Waals surface area contributed by atoms with Crippen LogP contribution in [0.2, 0.25) is 0 Å². The first-order valence-electron chi connectivity index (χ1n) is 5.92. The zero-order chi connectivity index (χ0) is 13.1. The molecular weight excluding hydrogens is 228 g/mol. The molecule has 0 spiro atoms. The summed E-state index contributed by atoms with van der Waals surface area (Å²) in [4.78, 5) is 29.7. The SMILES string of the molecule is CN(C)C=C1C(=O)CC(c2ccncc2)CC1=O. The van der Waals surface area contributed by atoms with Crippen LogP contribution in [0.4, 0.5) is 0 Å². The molecule has 0 radical (unpaired) electrons. The van der Waals surface area contributed by atoms with Crippen molar-refractivity contribution >= 4 is 11.6 Å². The molecule has 0 bridgehead atoms. The highest BCUT2D eigenvalue weighted by molar-refractivity contribution is 6.22. The van der Waals surface area contributed by atoms with E-state index in [2.05, 4.69) is 4.98 Å². The molecule has 2 rings (SSSR count). The Morgan fingerprint density at radius 3 is 2.22 bits per heavy atom. The number of hydrogen-bond donors (Lipinski definition) is 0. The van der Waals surface area contributed by atoms with Crippen LogP contribution in [0.15, 0.2) is 36.3 Å². The van der Waals surface area contributed by atoms with Gasteiger partial charge in [-0.15, -0.1) is 0 Å². The van der Waals surface area contributed by atoms with Gasteiger partial charge in [0.1, 0.15) is 0 Å². The topological polar surface area (TPSA) is 50.3 Å². The van der Waals surface area contributed by atoms with E-state index in [1.54, 1.807) is 23.5 Å². The fourth-order valence-corrected chi connectivity index (χ4v) is 2.17. The van der Waals surface area contributed by atoms with Crippen molar-refractivity contribution in [2.45, 2.75) is 18.8 Å². The highest BCUT2D eigenvalue weighted by Gasteiger charge is 2.31. The molecular formula is C14H16N2O2. The van der Waals surface area contributed by atoms with Crippen LogP contribution in [0, 0.1) is 0 Å². The van der Waals surface area contributed by atoms with Crippen molar-refractivity contribution in [1.82, 2.24) is 9.88 Å². The predicted octanol–water partition coefficient (Wildman–Crippen LogP) is 1.54. The zero-order valence-electron chi connectivity index (χ0n) is 10.6. The smallest absolute Gasteiger partial charge is 0.168 e. The molecule has 1 aliphatic rings. The number of ketones is 2. The molecule has 4 nitrogen and oxygen atoms in total. The second-order valence-corrected chi connectivity index (χ2v) is 4.74. The number of aromatic nitrogens is 1. The zero-order valence-corrected chi connectivity index (χ0v) is 10.6. The van der Waals surface area contributed by atoms with Crippen molar-refractivity contribution in [1.29, 1.82) is 0 Å². The van der Waals surface area contributed by atoms with Crippen molar-refractivity contribution in [3.05, 3.63) is 41.9 Å². The van der Waals surface area contributed by atoms with Gasteiger partial charge in [0.15, 0.2) is 11.6 Å². The molecule has 1 aromatic heterocycles. The van der Waals surface area contributed by atoms with Crippen LogP contribution in [0.3, 0.4) is 0 Å². The molecule has 1 heterocycles. The monoisotopic (exact) mass is 244 g/mol. The second kappa shape index (κ2) is 5.12. The third-order valence-electron chi connectivity index (χ3n) is 3.03. The lowest BCUT2D eigenvalue weighted by atomic mass is 9.80. The van der Waals surface area contributed by atoms with E-state index in [-0.39, 0.29) is 17.5 Å². The van der Waals surface area contributed by atoms with Crippen LogP contribution in [0.1, 0.15) is 24.3 Å². The van der Waals surface area contributed by atoms with Gasteiger partial charge in [-0.25, -0.2) is 0 Å². The molecule has 0 saturated heterocycles. The van der Waals surface area contributed by atoms with Crippen molar-refractivity contribution < 1.29 is 9.59 Å². The summed E-state index contributed by atoms with van der Waals surface area (Å²) in [6.45, 7) is 0. The van der Waals surface area contributed by atoms with Gasteiger partial charge < -0.3 is 4.90 Å². The quantitative estimate of drug-likeness (QED) is 0.585. The average Bonchev–Trinajstić information content (AvgIpc) is 2.34. The van der Waals surface area contributed by atoms with Gasteiger partial charge in [0, 0.05) is 45.5 Å². The maximum Gasteiger partial charge on any atom is 0.168 e. The maximum absolute atomic E-state index is 12.0. The Labute approximate surface area is 106 Å². The summed E-state index contributed by atoms with van der Waals surface area (Å²) in [6.07, 6.45) is 5.79. The Balaban J connectivity index is 2.20. The van der Waals surface area contributed by atoms with E-state index in [0.29, 0.717) is 18.4 Å². The second-order valence-electron chi connectivity index (χ2n) is 4.74. The number of allylic oxidation sites excluding steroid dienone is 1. The first-order chi connectivity index (χ1) is 8.58. The van der Waals surface area contributed by atoms with E-state index < -0.39 is 0 Å². The highest BCUT2D eigenvalue weighted by atomic mass is 16.1. The summed E-state index contributed by atoms with van der Waals surface area (Å²) in [5.74, 6) is -0.143. The number of carbonyl (C=O) groups is 2. The summed E-state index contributed by atoms with van der Waals surface area (Å²) in [7, 11) is 3.62. The minimum atomic E-state index is -0.0678. The number of hydrogen-bond acceptors (Lipinski definition) is 4. The standard InChI is InChI=1S/C14H16N2O2/c1-16(2)9-12-13(17)7-11(8-14(12)18)10-3-5-15-6-4-10/h3-6,9,11H,7-8H2,1-2H3. The molecule has 0 atom stereocenters. The number of carbonyl (C=O) groups excluding carboxylic acids is 2. The summed E-state index contributed by atoms with van der Waals surface area (Å²) < 4.78 is 0. The van der Waals surface area contributed by atoms with E-state index in [1.807, 2.05) is 26.2 Å². The molecule has 1 saturated carbocycles. The fraction of sp³-hybridized carbons (Fsp3) is 0.357. The van der Waals surface area contributed by atoms with Gasteiger partial charge >= 0.3 is 0 Å². The lowest BCUT2D eigenvalue weighted by Gasteiger charge is -2.22. The van der Waals surface area contributed by atoms with E-state index in [9.17, 15) is 9.59 Å². The van der Waals surface area contributed by atoms with Crippen LogP contribution >= 0.6 is 0 Å². The number of rotatable bonds is 2. The summed E-state index contributed by atoms with van der Waals surface area (Å²) >= 11 is 0. The Bertz CT molecular complexity index is 472. The molecule has 0 unspecified atom stereocenters. The van der Waals surface area contributed by atoms with E-state index in [1.165, 1.54) is 0 Å². The van der Waals surface area contributed by atoms with Gasteiger partial charge in [0.25, 0.3) is 0 Å². The predicted molar refractivity (Wildman–Crippen MR) is 68.0 cm³/mol. The van der Waals surface area contributed by atoms with Gasteiger partial charge in [0.05, 0.1) is 5.57 Å². The van der Waals surface area contributed by atoms with Gasteiger partial charge in [-0.2, -0.15) is 0 Å². The van der Waals surface area contributed by atoms with E-state index >= 15 is 0 Å². The molecule has 1 fully saturated rings. The normalized spacial score (nSPS) is 19.9. The first-order valence-corrected chi connectivity index (χ1v) is 5.92. The minimum Gasteiger partial charge on any atom is -0.383 e. The molecule has 0 N–H and O–H groups in total. The highest BCUT2D eigenvalue weighted by Crippen LogP contribution is 2.31. The molecule has 4 heteroatoms. The van der Waals surface area contributed by atoms with Crippen LogP contribution in [-0.4, -0.2) is 35.5 Å². The number of nitrogens with zero attached hydrogens (tertiary/aromatic N) is 2. The largest absolute Gasteiger partial charge is 0.383 e. The lowest BCUT2D eigenvalue weighted by molar-refractivity contribution is -0.124. The maximum atomic E-state index is 12.0. The molecule has 0 aliphatic heterocycles. The third kappa shape index (κ3) is 2.64. The Hall–Kier alpha value is -1.97. The summed E-state index contributed by atoms with van der Waals surface area (Å²) in [5.41, 5.74) is 1.33. The van der Waals surface area contributed by atoms with Gasteiger partial charge in [-0.05, 0) is 23.6 Å². The molecule has 1 aliphatic carbocycles. The summed E-state index contributed by atoms with van der Waals surface area (Å²) in [5, 5.41) is 0. The molecule has 0 amide bonds. The Morgan fingerprint density at radius 1 is 1.17 bits per heavy atom. The number of pyridine rings is 1. The fourth-order valence-electron chi connectivity index (χ4n) is 2.17. The lowest BCUT2D eigenvalue weighted by Crippen LogP contribution is -2.26. The molecule has 0 aromatic carbocycles. The van der Waals surface area contributed by atoms with Crippen LogP contribution in [0.25, 0.3) is 0 Å². The van der Waals surface area contributed by atoms with E-state index in [4.69, 9.17) is 0 Å². The van der Waals surface area contributed by atoms with Gasteiger partial charge in [-0.1, -0.05) is 0 Å². The van der Waals surface area contributed by atoms with Gasteiger partial charge in [0.2, 0.25) is 0 Å². The van der Waals surface area contributed by atoms with Crippen LogP contribution < -0.4 is 0 Å². The van der Waals surface area contributed by atoms with E-state index in [0.717, 1.165) is 5.56 Å². The molecule has 1 aromatic rings. The Kier molecular flexibility index (Phi) is 3.55. The van der Waals surface area contributed by atoms with Crippen LogP contribution in [-0.2, 0) is 9.59 Å². The van der Waals surface area contributed by atoms with Crippen LogP contribution in [0.5, 0.6) is 0 Å². The Morgan fingerprint density at radius 2 is 1.72 bits per heavy atom. The summed E-state index contributed by atoms with van der Waals surface area (Å²) in [6, 6.07) is 3.73. The molecule has 18 heavy (non-hydrogen) atoms.